The van der Waals surface area contributed by atoms with Crippen molar-refractivity contribution in [2.45, 2.75) is 32.9 Å². The van der Waals surface area contributed by atoms with E-state index in [2.05, 4.69) is 26.3 Å². The summed E-state index contributed by atoms with van der Waals surface area (Å²) in [6, 6.07) is 12.4. The summed E-state index contributed by atoms with van der Waals surface area (Å²) in [7, 11) is -27.9. The zero-order chi connectivity index (χ0) is 43.8. The molecule has 0 atom stereocenters. The smallest absolute Gasteiger partial charge is 0.450 e. The Kier molecular flexibility index (Phi) is 13.4. The van der Waals surface area contributed by atoms with Crippen LogP contribution < -0.4 is 8.92 Å². The average Bonchev–Trinajstić information content (AvgIpc) is 3.07. The fourth-order valence-corrected chi connectivity index (χ4v) is 6.35. The van der Waals surface area contributed by atoms with Crippen molar-refractivity contribution in [3.8, 4) is 11.5 Å². The number of alkyl halides is 12. The van der Waals surface area contributed by atoms with E-state index in [9.17, 15) is 86.4 Å². The highest BCUT2D eigenvalue weighted by molar-refractivity contribution is 7.89. The molecule has 0 aromatic heterocycles. The van der Waals surface area contributed by atoms with Gasteiger partial charge in [0.1, 0.15) is 5.75 Å². The Labute approximate surface area is 307 Å². The van der Waals surface area contributed by atoms with Gasteiger partial charge in [-0.3, -0.25) is 9.11 Å². The van der Waals surface area contributed by atoms with E-state index in [1.165, 1.54) is 54.6 Å². The first kappa shape index (κ1) is 48.0. The van der Waals surface area contributed by atoms with Crippen molar-refractivity contribution in [1.82, 2.24) is 0 Å². The summed E-state index contributed by atoms with van der Waals surface area (Å²) in [5, 5.41) is -27.1. The highest BCUT2D eigenvalue weighted by Crippen LogP contribution is 2.52. The molecule has 0 aliphatic carbocycles. The van der Waals surface area contributed by atoms with Crippen LogP contribution in [0.3, 0.4) is 0 Å². The highest BCUT2D eigenvalue weighted by Gasteiger charge is 2.84. The van der Waals surface area contributed by atoms with Crippen molar-refractivity contribution in [2.75, 3.05) is 6.79 Å². The van der Waals surface area contributed by atoms with Crippen molar-refractivity contribution in [2.24, 2.45) is 0 Å². The normalized spacial score (nSPS) is 14.0. The van der Waals surface area contributed by atoms with Crippen molar-refractivity contribution >= 4 is 63.4 Å². The molecule has 0 bridgehead atoms. The van der Waals surface area contributed by atoms with Crippen LogP contribution in [0.5, 0.6) is 11.5 Å². The number of hydrogen-bond acceptors (Lipinski definition) is 11. The van der Waals surface area contributed by atoms with Gasteiger partial charge in [0.15, 0.2) is 5.75 Å². The third-order valence-electron chi connectivity index (χ3n) is 6.62. The molecule has 0 radical (unpaired) electrons. The van der Waals surface area contributed by atoms with Crippen molar-refractivity contribution in [1.29, 1.82) is 0 Å². The van der Waals surface area contributed by atoms with Crippen LogP contribution in [0.1, 0.15) is 11.1 Å². The van der Waals surface area contributed by atoms with E-state index < -0.39 is 85.9 Å². The number of hydrogen-bond donors (Lipinski definition) is 2. The largest absolute Gasteiger partial charge is 0.466 e. The molecule has 3 aromatic carbocycles. The number of ether oxygens (including phenoxy) is 1. The Morgan fingerprint density at radius 3 is 1.39 bits per heavy atom. The molecule has 0 spiro atoms. The van der Waals surface area contributed by atoms with Crippen LogP contribution in [0.25, 0.3) is 22.9 Å². The van der Waals surface area contributed by atoms with Crippen LogP contribution in [0.15, 0.2) is 73.8 Å². The van der Waals surface area contributed by atoms with Crippen LogP contribution in [0.4, 0.5) is 52.7 Å². The zero-order valence-corrected chi connectivity index (χ0v) is 29.9. The molecule has 13 nitrogen and oxygen atoms in total. The molecular formula is C27H20F12O13S4. The van der Waals surface area contributed by atoms with E-state index in [1.807, 2.05) is 0 Å². The van der Waals surface area contributed by atoms with Crippen LogP contribution in [-0.4, -0.2) is 82.4 Å². The van der Waals surface area contributed by atoms with E-state index >= 15 is 0 Å². The average molecular weight is 909 g/mol. The van der Waals surface area contributed by atoms with Gasteiger partial charge < -0.3 is 8.92 Å². The third kappa shape index (κ3) is 8.56. The Balaban J connectivity index is 0.000000388. The van der Waals surface area contributed by atoms with E-state index in [0.29, 0.717) is 11.1 Å². The Bertz CT molecular complexity index is 2410. The lowest BCUT2D eigenvalue weighted by Gasteiger charge is -2.29. The van der Waals surface area contributed by atoms with Gasteiger partial charge in [0, 0.05) is 5.39 Å². The summed E-state index contributed by atoms with van der Waals surface area (Å²) in [6.45, 7) is 5.26. The molecule has 3 aromatic rings. The maximum Gasteiger partial charge on any atom is 0.450 e. The van der Waals surface area contributed by atoms with E-state index in [1.54, 1.807) is 0 Å². The minimum absolute atomic E-state index is 0.172. The van der Waals surface area contributed by atoms with Crippen molar-refractivity contribution in [3.05, 3.63) is 84.9 Å². The topological polar surface area (TPSA) is 205 Å². The van der Waals surface area contributed by atoms with Gasteiger partial charge >= 0.3 is 73.3 Å². The van der Waals surface area contributed by atoms with Crippen LogP contribution in [0, 0.1) is 0 Å². The predicted octanol–water partition coefficient (Wildman–Crippen LogP) is 6.62. The standard InChI is InChI=1S/C15H10F6O6S2.C12H10F6O7S2/c1-2-9-7-8-12(11-6-4-3-5-10(9)11)27-29(25,26)15(20,21)13(16,17)14(18,19)28(22,23)24;1-2-8-3-5-9(6-4-8)24-7-25-27(22,23)12(17,18)10(13,14)11(15,16)26(19,20)21/h2-8H,1H2,(H,22,23,24);2-6H,1,7H2,(H,19,20,21). The summed E-state index contributed by atoms with van der Waals surface area (Å²) in [4.78, 5) is 0. The van der Waals surface area contributed by atoms with Crippen molar-refractivity contribution in [3.63, 3.8) is 0 Å². The molecule has 0 heterocycles. The number of fused-ring (bicyclic) bond motifs is 1. The molecular weight excluding hydrogens is 889 g/mol. The molecule has 0 saturated carbocycles. The van der Waals surface area contributed by atoms with Crippen molar-refractivity contribution < 1.29 is 109 Å². The summed E-state index contributed by atoms with van der Waals surface area (Å²) in [5.74, 6) is -15.2. The third-order valence-corrected chi connectivity index (χ3v) is 11.0. The second-order valence-electron chi connectivity index (χ2n) is 10.2. The predicted molar refractivity (Wildman–Crippen MR) is 168 cm³/mol. The molecule has 0 aliphatic rings. The first-order chi connectivity index (χ1) is 25.0. The SMILES string of the molecule is C=Cc1ccc(OCOS(=O)(=O)C(F)(F)C(F)(F)C(F)(F)S(=O)(=O)O)cc1.C=Cc1ccc(OS(=O)(=O)C(F)(F)C(F)(F)C(F)(F)S(=O)(=O)O)c2ccccc12. The minimum atomic E-state index is -7.11. The van der Waals surface area contributed by atoms with Gasteiger partial charge in [-0.05, 0) is 34.7 Å². The van der Waals surface area contributed by atoms with E-state index in [-0.39, 0.29) is 16.5 Å². The van der Waals surface area contributed by atoms with Gasteiger partial charge in [-0.2, -0.15) is 86.4 Å². The zero-order valence-electron chi connectivity index (χ0n) is 26.6. The van der Waals surface area contributed by atoms with Gasteiger partial charge in [-0.25, -0.2) is 4.18 Å². The minimum Gasteiger partial charge on any atom is -0.466 e. The van der Waals surface area contributed by atoms with Crippen LogP contribution >= 0.6 is 0 Å². The van der Waals surface area contributed by atoms with Gasteiger partial charge in [-0.15, -0.1) is 0 Å². The molecule has 0 unspecified atom stereocenters. The maximum atomic E-state index is 13.9. The van der Waals surface area contributed by atoms with Gasteiger partial charge in [-0.1, -0.05) is 67.8 Å². The quantitative estimate of drug-likeness (QED) is 0.0672. The summed E-state index contributed by atoms with van der Waals surface area (Å²) in [6.07, 6.45) is 2.71. The molecule has 314 valence electrons. The Morgan fingerprint density at radius 2 is 0.982 bits per heavy atom. The number of rotatable bonds is 16. The summed E-state index contributed by atoms with van der Waals surface area (Å²) in [5.41, 5.74) is 0.954. The number of benzene rings is 3. The molecule has 0 aliphatic heterocycles. The van der Waals surface area contributed by atoms with E-state index in [4.69, 9.17) is 9.11 Å². The van der Waals surface area contributed by atoms with Gasteiger partial charge in [0.05, 0.1) is 0 Å². The van der Waals surface area contributed by atoms with Gasteiger partial charge in [0.2, 0.25) is 6.79 Å². The van der Waals surface area contributed by atoms with E-state index in [0.717, 1.165) is 18.2 Å². The van der Waals surface area contributed by atoms with Gasteiger partial charge in [0.25, 0.3) is 0 Å². The molecule has 29 heteroatoms. The molecule has 0 saturated heterocycles. The Morgan fingerprint density at radius 1 is 0.554 bits per heavy atom. The summed E-state index contributed by atoms with van der Waals surface area (Å²) < 4.78 is 276. The fourth-order valence-electron chi connectivity index (χ4n) is 3.62. The maximum absolute atomic E-state index is 13.9. The lowest BCUT2D eigenvalue weighted by molar-refractivity contribution is -0.248. The lowest BCUT2D eigenvalue weighted by atomic mass is 10.0. The molecule has 0 amide bonds. The monoisotopic (exact) mass is 908 g/mol. The lowest BCUT2D eigenvalue weighted by Crippen LogP contribution is -2.61. The van der Waals surface area contributed by atoms with Crippen LogP contribution in [0.2, 0.25) is 0 Å². The first-order valence-corrected chi connectivity index (χ1v) is 19.3. The molecule has 2 N–H and O–H groups in total. The van der Waals surface area contributed by atoms with Crippen LogP contribution in [-0.2, 0) is 44.7 Å². The molecule has 0 fully saturated rings. The molecule has 56 heavy (non-hydrogen) atoms. The second-order valence-corrected chi connectivity index (χ2v) is 16.4. The highest BCUT2D eigenvalue weighted by atomic mass is 32.2. The molecule has 3 rings (SSSR count). The fraction of sp³-hybridized carbons (Fsp3) is 0.259. The first-order valence-electron chi connectivity index (χ1n) is 13.6. The Hall–Kier alpha value is -4.16. The number of halogens is 12. The summed E-state index contributed by atoms with van der Waals surface area (Å²) >= 11 is 0. The second kappa shape index (κ2) is 15.6.